The summed E-state index contributed by atoms with van der Waals surface area (Å²) in [6, 6.07) is 26.8. The fourth-order valence-corrected chi connectivity index (χ4v) is 3.84. The number of rotatable bonds is 10. The van der Waals surface area contributed by atoms with Gasteiger partial charge in [-0.05, 0) is 35.2 Å². The number of hydrogen-bond donors (Lipinski definition) is 1. The molecular weight excluding hydrogens is 464 g/mol. The van der Waals surface area contributed by atoms with Crippen LogP contribution in [0.3, 0.4) is 0 Å². The Bertz CT molecular complexity index is 991. The third-order valence-electron chi connectivity index (χ3n) is 5.28. The number of amides is 2. The van der Waals surface area contributed by atoms with Crippen LogP contribution in [0.5, 0.6) is 0 Å². The van der Waals surface area contributed by atoms with Gasteiger partial charge in [-0.25, -0.2) is 0 Å². The molecule has 1 N–H and O–H groups in total. The van der Waals surface area contributed by atoms with Gasteiger partial charge in [0.05, 0.1) is 6.42 Å². The molecule has 3 rings (SSSR count). The SMILES string of the molecule is CCCNC(=O)[C@H](Cc1ccccc1)N(Cc1ccc(Br)cc1)C(=O)Cc1ccccc1. The molecule has 0 heterocycles. The minimum absolute atomic E-state index is 0.0632. The van der Waals surface area contributed by atoms with Gasteiger partial charge in [0.25, 0.3) is 0 Å². The molecule has 0 aliphatic heterocycles. The van der Waals surface area contributed by atoms with Gasteiger partial charge < -0.3 is 10.2 Å². The van der Waals surface area contributed by atoms with Crippen LogP contribution in [0.1, 0.15) is 30.0 Å². The quantitative estimate of drug-likeness (QED) is 0.424. The predicted molar refractivity (Wildman–Crippen MR) is 132 cm³/mol. The lowest BCUT2D eigenvalue weighted by Crippen LogP contribution is -2.51. The average molecular weight is 493 g/mol. The van der Waals surface area contributed by atoms with E-state index in [1.807, 2.05) is 91.9 Å². The lowest BCUT2D eigenvalue weighted by atomic mass is 10.0. The Morgan fingerprint density at radius 3 is 2.03 bits per heavy atom. The molecule has 3 aromatic rings. The number of carbonyl (C=O) groups is 2. The van der Waals surface area contributed by atoms with Crippen LogP contribution in [0.15, 0.2) is 89.4 Å². The van der Waals surface area contributed by atoms with Gasteiger partial charge in [-0.2, -0.15) is 0 Å². The molecule has 0 aliphatic rings. The average Bonchev–Trinajstić information content (AvgIpc) is 2.82. The van der Waals surface area contributed by atoms with Crippen molar-refractivity contribution in [2.45, 2.75) is 38.8 Å². The van der Waals surface area contributed by atoms with Gasteiger partial charge in [0.2, 0.25) is 11.8 Å². The minimum atomic E-state index is -0.594. The first-order valence-electron chi connectivity index (χ1n) is 11.0. The van der Waals surface area contributed by atoms with Crippen LogP contribution in [-0.4, -0.2) is 29.3 Å². The molecule has 0 aromatic heterocycles. The lowest BCUT2D eigenvalue weighted by Gasteiger charge is -2.31. The van der Waals surface area contributed by atoms with Crippen LogP contribution >= 0.6 is 15.9 Å². The highest BCUT2D eigenvalue weighted by molar-refractivity contribution is 9.10. The molecule has 0 saturated carbocycles. The van der Waals surface area contributed by atoms with Crippen molar-refractivity contribution in [1.29, 1.82) is 0 Å². The highest BCUT2D eigenvalue weighted by Gasteiger charge is 2.30. The van der Waals surface area contributed by atoms with Crippen LogP contribution in [-0.2, 0) is 29.0 Å². The van der Waals surface area contributed by atoms with Crippen molar-refractivity contribution in [1.82, 2.24) is 10.2 Å². The highest BCUT2D eigenvalue weighted by Crippen LogP contribution is 2.18. The van der Waals surface area contributed by atoms with E-state index in [1.165, 1.54) is 0 Å². The number of nitrogens with one attached hydrogen (secondary N) is 1. The van der Waals surface area contributed by atoms with Crippen molar-refractivity contribution >= 4 is 27.7 Å². The van der Waals surface area contributed by atoms with Gasteiger partial charge in [-0.1, -0.05) is 95.7 Å². The predicted octanol–water partition coefficient (Wildman–Crippen LogP) is 5.16. The van der Waals surface area contributed by atoms with Crippen molar-refractivity contribution in [2.24, 2.45) is 0 Å². The Morgan fingerprint density at radius 1 is 0.844 bits per heavy atom. The molecule has 166 valence electrons. The molecule has 0 bridgehead atoms. The number of halogens is 1. The lowest BCUT2D eigenvalue weighted by molar-refractivity contribution is -0.140. The summed E-state index contributed by atoms with van der Waals surface area (Å²) in [7, 11) is 0. The van der Waals surface area contributed by atoms with Gasteiger partial charge >= 0.3 is 0 Å². The summed E-state index contributed by atoms with van der Waals surface area (Å²) < 4.78 is 0.977. The Morgan fingerprint density at radius 2 is 1.44 bits per heavy atom. The van der Waals surface area contributed by atoms with Crippen LogP contribution in [0.4, 0.5) is 0 Å². The Balaban J connectivity index is 1.93. The Hall–Kier alpha value is -2.92. The van der Waals surface area contributed by atoms with Crippen LogP contribution in [0.2, 0.25) is 0 Å². The van der Waals surface area contributed by atoms with Crippen molar-refractivity contribution < 1.29 is 9.59 Å². The van der Waals surface area contributed by atoms with E-state index in [1.54, 1.807) is 4.90 Å². The monoisotopic (exact) mass is 492 g/mol. The fourth-order valence-electron chi connectivity index (χ4n) is 3.58. The van der Waals surface area contributed by atoms with Gasteiger partial charge in [0, 0.05) is 24.0 Å². The van der Waals surface area contributed by atoms with Gasteiger partial charge in [0.15, 0.2) is 0 Å². The first kappa shape index (κ1) is 23.7. The van der Waals surface area contributed by atoms with Gasteiger partial charge in [-0.3, -0.25) is 9.59 Å². The van der Waals surface area contributed by atoms with Crippen molar-refractivity contribution in [3.63, 3.8) is 0 Å². The maximum atomic E-state index is 13.5. The molecule has 4 nitrogen and oxygen atoms in total. The molecule has 0 saturated heterocycles. The van der Waals surface area contributed by atoms with E-state index in [0.717, 1.165) is 27.6 Å². The molecule has 2 amide bonds. The number of carbonyl (C=O) groups excluding carboxylic acids is 2. The van der Waals surface area contributed by atoms with E-state index < -0.39 is 6.04 Å². The van der Waals surface area contributed by atoms with E-state index >= 15 is 0 Å². The fraction of sp³-hybridized carbons (Fsp3) is 0.259. The zero-order valence-electron chi connectivity index (χ0n) is 18.3. The molecule has 0 radical (unpaired) electrons. The molecule has 1 atom stereocenters. The molecule has 32 heavy (non-hydrogen) atoms. The Kier molecular flexibility index (Phi) is 9.05. The number of hydrogen-bond acceptors (Lipinski definition) is 2. The van der Waals surface area contributed by atoms with Gasteiger partial charge in [-0.15, -0.1) is 0 Å². The summed E-state index contributed by atoms with van der Waals surface area (Å²) >= 11 is 3.47. The largest absolute Gasteiger partial charge is 0.354 e. The molecular formula is C27H29BrN2O2. The van der Waals surface area contributed by atoms with E-state index in [0.29, 0.717) is 19.5 Å². The van der Waals surface area contributed by atoms with E-state index in [9.17, 15) is 9.59 Å². The van der Waals surface area contributed by atoms with E-state index in [-0.39, 0.29) is 18.2 Å². The summed E-state index contributed by atoms with van der Waals surface area (Å²) in [6.45, 7) is 2.98. The molecule has 0 aliphatic carbocycles. The zero-order valence-corrected chi connectivity index (χ0v) is 19.9. The first-order valence-corrected chi connectivity index (χ1v) is 11.8. The van der Waals surface area contributed by atoms with Crippen molar-refractivity contribution in [3.8, 4) is 0 Å². The molecule has 0 unspecified atom stereocenters. The second kappa shape index (κ2) is 12.2. The van der Waals surface area contributed by atoms with E-state index in [2.05, 4.69) is 21.2 Å². The first-order chi connectivity index (χ1) is 15.6. The molecule has 3 aromatic carbocycles. The van der Waals surface area contributed by atoms with Crippen LogP contribution in [0.25, 0.3) is 0 Å². The van der Waals surface area contributed by atoms with Crippen molar-refractivity contribution in [3.05, 3.63) is 106 Å². The normalized spacial score (nSPS) is 11.6. The summed E-state index contributed by atoms with van der Waals surface area (Å²) in [4.78, 5) is 28.5. The molecule has 0 fully saturated rings. The Labute approximate surface area is 198 Å². The highest BCUT2D eigenvalue weighted by atomic mass is 79.9. The third kappa shape index (κ3) is 7.06. The standard InChI is InChI=1S/C27H29BrN2O2/c1-2-17-29-27(32)25(18-21-9-5-3-6-10-21)30(20-23-13-15-24(28)16-14-23)26(31)19-22-11-7-4-8-12-22/h3-16,25H,2,17-20H2,1H3,(H,29,32)/t25-/m0/s1. The number of nitrogens with zero attached hydrogens (tertiary/aromatic N) is 1. The summed E-state index contributed by atoms with van der Waals surface area (Å²) in [5.74, 6) is -0.180. The third-order valence-corrected chi connectivity index (χ3v) is 5.81. The number of benzene rings is 3. The molecule has 0 spiro atoms. The van der Waals surface area contributed by atoms with Crippen molar-refractivity contribution in [2.75, 3.05) is 6.54 Å². The van der Waals surface area contributed by atoms with E-state index in [4.69, 9.17) is 0 Å². The minimum Gasteiger partial charge on any atom is -0.354 e. The van der Waals surface area contributed by atoms with Gasteiger partial charge in [0.1, 0.15) is 6.04 Å². The van der Waals surface area contributed by atoms with Crippen LogP contribution in [0, 0.1) is 0 Å². The summed E-state index contributed by atoms with van der Waals surface area (Å²) in [5.41, 5.74) is 2.94. The smallest absolute Gasteiger partial charge is 0.243 e. The molecule has 5 heteroatoms. The topological polar surface area (TPSA) is 49.4 Å². The van der Waals surface area contributed by atoms with Crippen LogP contribution < -0.4 is 5.32 Å². The maximum absolute atomic E-state index is 13.5. The summed E-state index contributed by atoms with van der Waals surface area (Å²) in [6.07, 6.45) is 1.56. The zero-order chi connectivity index (χ0) is 22.8. The maximum Gasteiger partial charge on any atom is 0.243 e. The summed E-state index contributed by atoms with van der Waals surface area (Å²) in [5, 5.41) is 3.01. The second-order valence-electron chi connectivity index (χ2n) is 7.81. The second-order valence-corrected chi connectivity index (χ2v) is 8.72.